The first-order chi connectivity index (χ1) is 9.60. The van der Waals surface area contributed by atoms with Gasteiger partial charge in [0.1, 0.15) is 11.6 Å². The van der Waals surface area contributed by atoms with Crippen molar-refractivity contribution in [2.24, 2.45) is 5.73 Å². The predicted octanol–water partition coefficient (Wildman–Crippen LogP) is 2.36. The molecule has 5 heteroatoms. The minimum absolute atomic E-state index is 0.305. The van der Waals surface area contributed by atoms with Gasteiger partial charge in [-0.1, -0.05) is 18.2 Å². The van der Waals surface area contributed by atoms with Crippen LogP contribution in [0.4, 0.5) is 5.82 Å². The van der Waals surface area contributed by atoms with Crippen molar-refractivity contribution in [1.29, 1.82) is 0 Å². The van der Waals surface area contributed by atoms with E-state index in [-0.39, 0.29) is 0 Å². The highest BCUT2D eigenvalue weighted by Crippen LogP contribution is 2.16. The van der Waals surface area contributed by atoms with Gasteiger partial charge in [-0.15, -0.1) is 0 Å². The van der Waals surface area contributed by atoms with Crippen molar-refractivity contribution in [1.82, 2.24) is 4.98 Å². The molecule has 0 saturated carbocycles. The van der Waals surface area contributed by atoms with E-state index in [0.717, 1.165) is 23.7 Å². The molecule has 1 aromatic heterocycles. The van der Waals surface area contributed by atoms with Gasteiger partial charge in [0, 0.05) is 19.2 Å². The Morgan fingerprint density at radius 3 is 2.55 bits per heavy atom. The fourth-order valence-electron chi connectivity index (χ4n) is 1.82. The molecule has 0 aliphatic heterocycles. The summed E-state index contributed by atoms with van der Waals surface area (Å²) in [7, 11) is 3.47. The maximum Gasteiger partial charge on any atom is 0.171 e. The summed E-state index contributed by atoms with van der Waals surface area (Å²) < 4.78 is 5.15. The predicted molar refractivity (Wildman–Crippen MR) is 85.2 cm³/mol. The van der Waals surface area contributed by atoms with Gasteiger partial charge in [-0.2, -0.15) is 0 Å². The average molecular weight is 287 g/mol. The Bertz CT molecular complexity index is 598. The zero-order chi connectivity index (χ0) is 14.5. The second-order valence-electron chi connectivity index (χ2n) is 4.41. The molecule has 0 unspecified atom stereocenters. The van der Waals surface area contributed by atoms with Gasteiger partial charge < -0.3 is 15.4 Å². The average Bonchev–Trinajstić information content (AvgIpc) is 2.47. The fourth-order valence-corrected chi connectivity index (χ4v) is 1.91. The Morgan fingerprint density at radius 1 is 1.25 bits per heavy atom. The van der Waals surface area contributed by atoms with Crippen LogP contribution in [0.3, 0.4) is 0 Å². The number of aromatic nitrogens is 1. The fraction of sp³-hybridized carbons (Fsp3) is 0.200. The van der Waals surface area contributed by atoms with E-state index in [2.05, 4.69) is 4.98 Å². The van der Waals surface area contributed by atoms with Crippen LogP contribution in [0.1, 0.15) is 11.3 Å². The highest BCUT2D eigenvalue weighted by molar-refractivity contribution is 7.80. The molecule has 1 heterocycles. The number of rotatable bonds is 4. The first-order valence-corrected chi connectivity index (χ1v) is 6.63. The third-order valence-corrected chi connectivity index (χ3v) is 3.28. The molecule has 1 aromatic carbocycles. The topological polar surface area (TPSA) is 51.4 Å². The summed E-state index contributed by atoms with van der Waals surface area (Å²) >= 11 is 4.95. The number of methoxy groups -OCH3 is 1. The van der Waals surface area contributed by atoms with Crippen molar-refractivity contribution in [3.8, 4) is 5.75 Å². The lowest BCUT2D eigenvalue weighted by atomic mass is 10.1. The highest BCUT2D eigenvalue weighted by atomic mass is 32.1. The van der Waals surface area contributed by atoms with Crippen LogP contribution in [0.25, 0.3) is 0 Å². The molecule has 0 atom stereocenters. The van der Waals surface area contributed by atoms with Crippen molar-refractivity contribution < 1.29 is 4.74 Å². The Balaban J connectivity index is 2.16. The molecular formula is C15H17N3OS. The van der Waals surface area contributed by atoms with Crippen LogP contribution >= 0.6 is 12.2 Å². The van der Waals surface area contributed by atoms with Crippen LogP contribution in [0.5, 0.6) is 5.75 Å². The quantitative estimate of drug-likeness (QED) is 0.875. The molecule has 0 amide bonds. The van der Waals surface area contributed by atoms with Crippen molar-refractivity contribution in [3.63, 3.8) is 0 Å². The SMILES string of the molecule is COc1ccc(Cc2cccc(N(C)C(N)=S)n2)cc1. The van der Waals surface area contributed by atoms with Crippen LogP contribution in [0.2, 0.25) is 0 Å². The largest absolute Gasteiger partial charge is 0.497 e. The molecule has 0 aliphatic carbocycles. The zero-order valence-corrected chi connectivity index (χ0v) is 12.4. The molecule has 20 heavy (non-hydrogen) atoms. The van der Waals surface area contributed by atoms with Gasteiger partial charge in [0.05, 0.1) is 7.11 Å². The molecule has 4 nitrogen and oxygen atoms in total. The van der Waals surface area contributed by atoms with Gasteiger partial charge in [-0.3, -0.25) is 0 Å². The van der Waals surface area contributed by atoms with Crippen LogP contribution in [0, 0.1) is 0 Å². The summed E-state index contributed by atoms with van der Waals surface area (Å²) in [5, 5.41) is 0.305. The number of hydrogen-bond donors (Lipinski definition) is 1. The summed E-state index contributed by atoms with van der Waals surface area (Å²) in [4.78, 5) is 6.25. The molecular weight excluding hydrogens is 270 g/mol. The van der Waals surface area contributed by atoms with Crippen LogP contribution in [-0.2, 0) is 6.42 Å². The third kappa shape index (κ3) is 3.45. The molecule has 2 aromatic rings. The number of thiocarbonyl (C=S) groups is 1. The van der Waals surface area contributed by atoms with Crippen LogP contribution in [-0.4, -0.2) is 24.3 Å². The zero-order valence-electron chi connectivity index (χ0n) is 11.5. The van der Waals surface area contributed by atoms with Gasteiger partial charge in [0.25, 0.3) is 0 Å². The smallest absolute Gasteiger partial charge is 0.171 e. The van der Waals surface area contributed by atoms with Gasteiger partial charge >= 0.3 is 0 Å². The van der Waals surface area contributed by atoms with E-state index in [0.29, 0.717) is 5.11 Å². The Kier molecular flexibility index (Phi) is 4.53. The van der Waals surface area contributed by atoms with Gasteiger partial charge in [0.15, 0.2) is 5.11 Å². The number of anilines is 1. The number of ether oxygens (including phenoxy) is 1. The lowest BCUT2D eigenvalue weighted by Gasteiger charge is -2.16. The normalized spacial score (nSPS) is 10.1. The first kappa shape index (κ1) is 14.3. The minimum atomic E-state index is 0.305. The number of hydrogen-bond acceptors (Lipinski definition) is 3. The molecule has 0 fully saturated rings. The number of pyridine rings is 1. The van der Waals surface area contributed by atoms with Crippen LogP contribution in [0.15, 0.2) is 42.5 Å². The molecule has 2 rings (SSSR count). The minimum Gasteiger partial charge on any atom is -0.497 e. The van der Waals surface area contributed by atoms with E-state index < -0.39 is 0 Å². The van der Waals surface area contributed by atoms with Crippen molar-refractivity contribution in [3.05, 3.63) is 53.7 Å². The van der Waals surface area contributed by atoms with Crippen molar-refractivity contribution in [2.45, 2.75) is 6.42 Å². The first-order valence-electron chi connectivity index (χ1n) is 6.22. The summed E-state index contributed by atoms with van der Waals surface area (Å²) in [6, 6.07) is 13.8. The molecule has 0 radical (unpaired) electrons. The van der Waals surface area contributed by atoms with E-state index in [9.17, 15) is 0 Å². The maximum absolute atomic E-state index is 5.61. The monoisotopic (exact) mass is 287 g/mol. The highest BCUT2D eigenvalue weighted by Gasteiger charge is 2.06. The van der Waals surface area contributed by atoms with Crippen molar-refractivity contribution in [2.75, 3.05) is 19.1 Å². The molecule has 0 spiro atoms. The van der Waals surface area contributed by atoms with Gasteiger partial charge in [-0.05, 0) is 42.0 Å². The second-order valence-corrected chi connectivity index (χ2v) is 4.83. The maximum atomic E-state index is 5.61. The summed E-state index contributed by atoms with van der Waals surface area (Å²) in [6.07, 6.45) is 0.753. The Morgan fingerprint density at radius 2 is 1.95 bits per heavy atom. The standard InChI is InChI=1S/C15H17N3OS/c1-18(15(16)20)14-5-3-4-12(17-14)10-11-6-8-13(19-2)9-7-11/h3-9H,10H2,1-2H3,(H2,16,20). The van der Waals surface area contributed by atoms with Gasteiger partial charge in [0.2, 0.25) is 0 Å². The number of nitrogens with two attached hydrogens (primary N) is 1. The Labute approximate surface area is 124 Å². The molecule has 0 aliphatic rings. The third-order valence-electron chi connectivity index (χ3n) is 3.01. The van der Waals surface area contributed by atoms with E-state index >= 15 is 0 Å². The molecule has 0 saturated heterocycles. The summed E-state index contributed by atoms with van der Waals surface area (Å²) in [5.74, 6) is 1.60. The second kappa shape index (κ2) is 6.34. The lowest BCUT2D eigenvalue weighted by molar-refractivity contribution is 0.414. The van der Waals surface area contributed by atoms with Crippen molar-refractivity contribution >= 4 is 23.1 Å². The van der Waals surface area contributed by atoms with E-state index in [1.54, 1.807) is 12.0 Å². The number of nitrogens with zero attached hydrogens (tertiary/aromatic N) is 2. The van der Waals surface area contributed by atoms with E-state index in [4.69, 9.17) is 22.7 Å². The van der Waals surface area contributed by atoms with Gasteiger partial charge in [-0.25, -0.2) is 4.98 Å². The number of benzene rings is 1. The lowest BCUT2D eigenvalue weighted by Crippen LogP contribution is -2.32. The van der Waals surface area contributed by atoms with E-state index in [1.165, 1.54) is 5.56 Å². The molecule has 0 bridgehead atoms. The molecule has 2 N–H and O–H groups in total. The Hall–Kier alpha value is -2.14. The van der Waals surface area contributed by atoms with Crippen LogP contribution < -0.4 is 15.4 Å². The van der Waals surface area contributed by atoms with E-state index in [1.807, 2.05) is 49.5 Å². The summed E-state index contributed by atoms with van der Waals surface area (Å²) in [6.45, 7) is 0. The summed E-state index contributed by atoms with van der Waals surface area (Å²) in [5.41, 5.74) is 7.75. The molecule has 104 valence electrons.